The molecule has 1 rings (SSSR count). The average Bonchev–Trinajstić information content (AvgIpc) is 3.26. The van der Waals surface area contributed by atoms with Crippen molar-refractivity contribution in [3.63, 3.8) is 0 Å². The SMILES string of the molecule is CC(=O)C(C)(C)CCOC(C)(C)CNC(=O)CCC(=O)C1CC1. The third-order valence-corrected chi connectivity index (χ3v) is 4.52. The number of nitrogens with one attached hydrogen (secondary N) is 1. The Hall–Kier alpha value is -1.23. The summed E-state index contributed by atoms with van der Waals surface area (Å²) in [6.45, 7) is 10.1. The Morgan fingerprint density at radius 2 is 1.70 bits per heavy atom. The van der Waals surface area contributed by atoms with Gasteiger partial charge in [-0.05, 0) is 40.0 Å². The van der Waals surface area contributed by atoms with Crippen LogP contribution in [0.4, 0.5) is 0 Å². The van der Waals surface area contributed by atoms with E-state index >= 15 is 0 Å². The molecule has 23 heavy (non-hydrogen) atoms. The van der Waals surface area contributed by atoms with Crippen molar-refractivity contribution in [2.45, 2.75) is 72.3 Å². The summed E-state index contributed by atoms with van der Waals surface area (Å²) in [5.41, 5.74) is -0.883. The number of rotatable bonds is 11. The summed E-state index contributed by atoms with van der Waals surface area (Å²) in [7, 11) is 0. The first-order valence-electron chi connectivity index (χ1n) is 8.48. The molecule has 0 unspecified atom stereocenters. The number of amides is 1. The van der Waals surface area contributed by atoms with Gasteiger partial charge in [0, 0.05) is 37.3 Å². The van der Waals surface area contributed by atoms with E-state index in [0.29, 0.717) is 26.0 Å². The predicted molar refractivity (Wildman–Crippen MR) is 89.1 cm³/mol. The van der Waals surface area contributed by atoms with Gasteiger partial charge >= 0.3 is 0 Å². The van der Waals surface area contributed by atoms with E-state index in [9.17, 15) is 14.4 Å². The smallest absolute Gasteiger partial charge is 0.220 e. The molecule has 1 fully saturated rings. The standard InChI is InChI=1S/C18H31NO4/c1-13(20)17(2,3)10-11-23-18(4,5)12-19-16(22)9-8-15(21)14-6-7-14/h14H,6-12H2,1-5H3,(H,19,22). The molecule has 0 aromatic heterocycles. The molecule has 0 aromatic rings. The maximum Gasteiger partial charge on any atom is 0.220 e. The third kappa shape index (κ3) is 7.73. The van der Waals surface area contributed by atoms with Gasteiger partial charge in [-0.1, -0.05) is 13.8 Å². The van der Waals surface area contributed by atoms with Gasteiger partial charge in [-0.2, -0.15) is 0 Å². The zero-order valence-corrected chi connectivity index (χ0v) is 15.2. The molecule has 132 valence electrons. The minimum Gasteiger partial charge on any atom is -0.374 e. The van der Waals surface area contributed by atoms with E-state index in [1.54, 1.807) is 6.92 Å². The molecule has 0 heterocycles. The van der Waals surface area contributed by atoms with Crippen molar-refractivity contribution in [2.75, 3.05) is 13.2 Å². The van der Waals surface area contributed by atoms with Gasteiger partial charge in [0.05, 0.1) is 5.60 Å². The normalized spacial score (nSPS) is 15.3. The fraction of sp³-hybridized carbons (Fsp3) is 0.833. The number of hydrogen-bond donors (Lipinski definition) is 1. The van der Waals surface area contributed by atoms with Gasteiger partial charge in [0.25, 0.3) is 0 Å². The van der Waals surface area contributed by atoms with Crippen molar-refractivity contribution in [3.05, 3.63) is 0 Å². The van der Waals surface area contributed by atoms with E-state index < -0.39 is 5.60 Å². The highest BCUT2D eigenvalue weighted by molar-refractivity contribution is 5.87. The van der Waals surface area contributed by atoms with Crippen LogP contribution in [0.1, 0.15) is 66.7 Å². The molecule has 1 amide bonds. The fourth-order valence-electron chi connectivity index (χ4n) is 2.06. The van der Waals surface area contributed by atoms with Crippen molar-refractivity contribution >= 4 is 17.5 Å². The van der Waals surface area contributed by atoms with Gasteiger partial charge in [-0.15, -0.1) is 0 Å². The number of carbonyl (C=O) groups excluding carboxylic acids is 3. The van der Waals surface area contributed by atoms with Crippen LogP contribution in [0.5, 0.6) is 0 Å². The number of ketones is 2. The van der Waals surface area contributed by atoms with Crippen LogP contribution < -0.4 is 5.32 Å². The van der Waals surface area contributed by atoms with E-state index in [-0.39, 0.29) is 35.2 Å². The van der Waals surface area contributed by atoms with Crippen LogP contribution in [-0.2, 0) is 19.1 Å². The second-order valence-corrected chi connectivity index (χ2v) is 7.82. The number of carbonyl (C=O) groups is 3. The van der Waals surface area contributed by atoms with Crippen LogP contribution in [0.25, 0.3) is 0 Å². The Bertz CT molecular complexity index is 450. The molecule has 5 heteroatoms. The van der Waals surface area contributed by atoms with E-state index in [2.05, 4.69) is 5.32 Å². The molecule has 0 atom stereocenters. The minimum absolute atomic E-state index is 0.111. The van der Waals surface area contributed by atoms with Crippen LogP contribution in [0.15, 0.2) is 0 Å². The summed E-state index contributed by atoms with van der Waals surface area (Å²) in [6, 6.07) is 0. The third-order valence-electron chi connectivity index (χ3n) is 4.52. The molecule has 0 spiro atoms. The topological polar surface area (TPSA) is 72.5 Å². The van der Waals surface area contributed by atoms with Crippen molar-refractivity contribution in [1.29, 1.82) is 0 Å². The molecule has 0 bridgehead atoms. The summed E-state index contributed by atoms with van der Waals surface area (Å²) in [6.07, 6.45) is 3.21. The maximum atomic E-state index is 11.8. The zero-order valence-electron chi connectivity index (χ0n) is 15.2. The maximum absolute atomic E-state index is 11.8. The first kappa shape index (κ1) is 19.8. The van der Waals surface area contributed by atoms with Crippen LogP contribution in [0.3, 0.4) is 0 Å². The van der Waals surface area contributed by atoms with E-state index in [0.717, 1.165) is 12.8 Å². The lowest BCUT2D eigenvalue weighted by atomic mass is 9.86. The first-order valence-corrected chi connectivity index (χ1v) is 8.48. The van der Waals surface area contributed by atoms with E-state index in [4.69, 9.17) is 4.74 Å². The van der Waals surface area contributed by atoms with Gasteiger partial charge in [-0.3, -0.25) is 14.4 Å². The summed E-state index contributed by atoms with van der Waals surface area (Å²) >= 11 is 0. The highest BCUT2D eigenvalue weighted by Crippen LogP contribution is 2.31. The highest BCUT2D eigenvalue weighted by atomic mass is 16.5. The quantitative estimate of drug-likeness (QED) is 0.634. The summed E-state index contributed by atoms with van der Waals surface area (Å²) < 4.78 is 5.81. The Morgan fingerprint density at radius 3 is 2.22 bits per heavy atom. The molecule has 0 aliphatic heterocycles. The first-order chi connectivity index (χ1) is 10.5. The lowest BCUT2D eigenvalue weighted by molar-refractivity contribution is -0.128. The van der Waals surface area contributed by atoms with Crippen molar-refractivity contribution in [2.24, 2.45) is 11.3 Å². The molecular weight excluding hydrogens is 294 g/mol. The molecule has 1 aliphatic rings. The molecule has 1 saturated carbocycles. The molecule has 0 radical (unpaired) electrons. The van der Waals surface area contributed by atoms with Crippen LogP contribution >= 0.6 is 0 Å². The summed E-state index contributed by atoms with van der Waals surface area (Å²) in [5.74, 6) is 0.460. The van der Waals surface area contributed by atoms with Gasteiger partial charge in [0.1, 0.15) is 11.6 Å². The fourth-order valence-corrected chi connectivity index (χ4v) is 2.06. The Morgan fingerprint density at radius 1 is 1.09 bits per heavy atom. The molecule has 0 aromatic carbocycles. The lowest BCUT2D eigenvalue weighted by Crippen LogP contribution is -2.41. The lowest BCUT2D eigenvalue weighted by Gasteiger charge is -2.28. The van der Waals surface area contributed by atoms with Gasteiger partial charge < -0.3 is 10.1 Å². The molecule has 1 aliphatic carbocycles. The molecular formula is C18H31NO4. The van der Waals surface area contributed by atoms with Gasteiger partial charge in [-0.25, -0.2) is 0 Å². The zero-order chi connectivity index (χ0) is 17.7. The van der Waals surface area contributed by atoms with E-state index in [1.807, 2.05) is 27.7 Å². The molecule has 1 N–H and O–H groups in total. The van der Waals surface area contributed by atoms with Crippen molar-refractivity contribution in [3.8, 4) is 0 Å². The van der Waals surface area contributed by atoms with Crippen LogP contribution in [0, 0.1) is 11.3 Å². The van der Waals surface area contributed by atoms with Crippen LogP contribution in [-0.4, -0.2) is 36.2 Å². The average molecular weight is 325 g/mol. The number of hydrogen-bond acceptors (Lipinski definition) is 4. The largest absolute Gasteiger partial charge is 0.374 e. The predicted octanol–water partition coefficient (Wildman–Crippen LogP) is 2.66. The van der Waals surface area contributed by atoms with Gasteiger partial charge in [0.15, 0.2) is 0 Å². The molecule has 0 saturated heterocycles. The minimum atomic E-state index is -0.497. The van der Waals surface area contributed by atoms with Crippen molar-refractivity contribution in [1.82, 2.24) is 5.32 Å². The Labute approximate surface area is 139 Å². The second-order valence-electron chi connectivity index (χ2n) is 7.82. The van der Waals surface area contributed by atoms with Crippen molar-refractivity contribution < 1.29 is 19.1 Å². The second kappa shape index (κ2) is 8.04. The highest BCUT2D eigenvalue weighted by Gasteiger charge is 2.29. The monoisotopic (exact) mass is 325 g/mol. The van der Waals surface area contributed by atoms with E-state index in [1.165, 1.54) is 0 Å². The van der Waals surface area contributed by atoms with Crippen LogP contribution in [0.2, 0.25) is 0 Å². The number of ether oxygens (including phenoxy) is 1. The Kier molecular flexibility index (Phi) is 6.93. The Balaban J connectivity index is 2.21. The summed E-state index contributed by atoms with van der Waals surface area (Å²) in [4.78, 5) is 34.8. The number of Topliss-reactive ketones (excluding diaryl/α,β-unsaturated/α-hetero) is 2. The molecule has 5 nitrogen and oxygen atoms in total. The van der Waals surface area contributed by atoms with Gasteiger partial charge in [0.2, 0.25) is 5.91 Å². The summed E-state index contributed by atoms with van der Waals surface area (Å²) in [5, 5.41) is 2.82.